The Morgan fingerprint density at radius 3 is 1.92 bits per heavy atom. The summed E-state index contributed by atoms with van der Waals surface area (Å²) in [4.78, 5) is 10.6. The summed E-state index contributed by atoms with van der Waals surface area (Å²) in [5, 5.41) is -1.76. The monoisotopic (exact) mass is 193 g/mol. The van der Waals surface area contributed by atoms with Gasteiger partial charge in [-0.2, -0.15) is 0 Å². The summed E-state index contributed by atoms with van der Waals surface area (Å²) in [7, 11) is 0. The Balaban J connectivity index is 4.65. The van der Waals surface area contributed by atoms with Gasteiger partial charge in [-0.05, 0) is 0 Å². The fourth-order valence-corrected chi connectivity index (χ4v) is 0.867. The molecule has 0 saturated carbocycles. The van der Waals surface area contributed by atoms with Crippen LogP contribution in [0.1, 0.15) is 12.8 Å². The predicted molar refractivity (Wildman–Crippen MR) is 42.5 cm³/mol. The first kappa shape index (κ1) is 11.7. The molecule has 0 spiro atoms. The van der Waals surface area contributed by atoms with E-state index in [1.54, 1.807) is 0 Å². The van der Waals surface area contributed by atoms with Crippen LogP contribution in [-0.4, -0.2) is 16.9 Å². The molecule has 0 rings (SSSR count). The third-order valence-corrected chi connectivity index (χ3v) is 1.47. The zero-order valence-corrected chi connectivity index (χ0v) is 6.97. The molecule has 1 amide bonds. The van der Waals surface area contributed by atoms with E-state index in [4.69, 9.17) is 0 Å². The highest BCUT2D eigenvalue weighted by Gasteiger charge is 2.40. The Bertz CT molecular complexity index is 205. The SMILES string of the molecule is C=CCC(F)(CC=C)C(=O)N(F)F. The molecular formula is C8H10F3NO. The smallest absolute Gasteiger partial charge is 0.265 e. The summed E-state index contributed by atoms with van der Waals surface area (Å²) in [5.41, 5.74) is -2.62. The van der Waals surface area contributed by atoms with Crippen molar-refractivity contribution in [2.24, 2.45) is 0 Å². The molecule has 0 saturated heterocycles. The van der Waals surface area contributed by atoms with E-state index in [1.165, 1.54) is 0 Å². The highest BCUT2D eigenvalue weighted by atomic mass is 19.4. The topological polar surface area (TPSA) is 20.3 Å². The minimum Gasteiger partial charge on any atom is -0.265 e. The first-order valence-electron chi connectivity index (χ1n) is 3.54. The zero-order valence-electron chi connectivity index (χ0n) is 6.97. The summed E-state index contributed by atoms with van der Waals surface area (Å²) in [6.45, 7) is 6.36. The van der Waals surface area contributed by atoms with Gasteiger partial charge in [0.05, 0.1) is 0 Å². The third-order valence-electron chi connectivity index (χ3n) is 1.47. The fraction of sp³-hybridized carbons (Fsp3) is 0.375. The van der Waals surface area contributed by atoms with Gasteiger partial charge in [-0.3, -0.25) is 4.79 Å². The predicted octanol–water partition coefficient (Wildman–Crippen LogP) is 2.44. The first-order valence-corrected chi connectivity index (χ1v) is 3.54. The molecule has 0 atom stereocenters. The van der Waals surface area contributed by atoms with Crippen LogP contribution in [0.15, 0.2) is 25.3 Å². The van der Waals surface area contributed by atoms with E-state index in [1.807, 2.05) is 0 Å². The number of amides is 1. The van der Waals surface area contributed by atoms with Gasteiger partial charge in [0.2, 0.25) is 5.67 Å². The van der Waals surface area contributed by atoms with Crippen LogP contribution in [0, 0.1) is 0 Å². The Kier molecular flexibility index (Phi) is 4.23. The molecule has 13 heavy (non-hydrogen) atoms. The molecule has 2 nitrogen and oxygen atoms in total. The van der Waals surface area contributed by atoms with E-state index in [0.29, 0.717) is 0 Å². The highest BCUT2D eigenvalue weighted by molar-refractivity contribution is 5.83. The molecule has 0 aliphatic carbocycles. The van der Waals surface area contributed by atoms with Gasteiger partial charge < -0.3 is 0 Å². The lowest BCUT2D eigenvalue weighted by Gasteiger charge is -2.19. The molecule has 0 aromatic rings. The Morgan fingerprint density at radius 2 is 1.69 bits per heavy atom. The summed E-state index contributed by atoms with van der Waals surface area (Å²) in [6.07, 6.45) is 1.24. The summed E-state index contributed by atoms with van der Waals surface area (Å²) in [5.74, 6) is -1.87. The van der Waals surface area contributed by atoms with Crippen LogP contribution in [0.5, 0.6) is 0 Å². The van der Waals surface area contributed by atoms with Crippen LogP contribution < -0.4 is 0 Å². The Labute approximate surface area is 74.2 Å². The lowest BCUT2D eigenvalue weighted by Crippen LogP contribution is -2.38. The molecule has 0 aromatic heterocycles. The van der Waals surface area contributed by atoms with E-state index >= 15 is 0 Å². The van der Waals surface area contributed by atoms with Crippen molar-refractivity contribution in [3.8, 4) is 0 Å². The van der Waals surface area contributed by atoms with Gasteiger partial charge in [-0.25, -0.2) is 4.39 Å². The van der Waals surface area contributed by atoms with E-state index in [-0.39, 0.29) is 0 Å². The minimum absolute atomic E-state index is 0.456. The van der Waals surface area contributed by atoms with Crippen molar-refractivity contribution in [2.75, 3.05) is 0 Å². The van der Waals surface area contributed by atoms with Crippen molar-refractivity contribution < 1.29 is 18.1 Å². The summed E-state index contributed by atoms with van der Waals surface area (Å²) < 4.78 is 36.9. The van der Waals surface area contributed by atoms with Gasteiger partial charge in [0.15, 0.2) is 0 Å². The number of nitrogens with zero attached hydrogens (tertiary/aromatic N) is 1. The second-order valence-corrected chi connectivity index (χ2v) is 2.49. The summed E-state index contributed by atoms with van der Waals surface area (Å²) in [6, 6.07) is 0. The van der Waals surface area contributed by atoms with Crippen LogP contribution in [0.3, 0.4) is 0 Å². The van der Waals surface area contributed by atoms with Crippen LogP contribution in [0.25, 0.3) is 0 Å². The molecule has 0 heterocycles. The van der Waals surface area contributed by atoms with Crippen molar-refractivity contribution in [1.29, 1.82) is 0 Å². The molecule has 0 radical (unpaired) electrons. The van der Waals surface area contributed by atoms with Crippen molar-refractivity contribution in [3.05, 3.63) is 25.3 Å². The number of halogens is 3. The average molecular weight is 193 g/mol. The maximum atomic E-state index is 13.4. The number of rotatable bonds is 5. The highest BCUT2D eigenvalue weighted by Crippen LogP contribution is 2.25. The molecule has 0 unspecified atom stereocenters. The van der Waals surface area contributed by atoms with Gasteiger partial charge in [-0.15, -0.1) is 13.2 Å². The van der Waals surface area contributed by atoms with Crippen LogP contribution in [0.4, 0.5) is 13.4 Å². The summed E-state index contributed by atoms with van der Waals surface area (Å²) >= 11 is 0. The molecule has 5 heteroatoms. The van der Waals surface area contributed by atoms with Crippen molar-refractivity contribution in [2.45, 2.75) is 18.5 Å². The van der Waals surface area contributed by atoms with Crippen molar-refractivity contribution in [3.63, 3.8) is 0 Å². The van der Waals surface area contributed by atoms with Crippen LogP contribution in [0.2, 0.25) is 0 Å². The molecule has 0 aliphatic heterocycles. The fourth-order valence-electron chi connectivity index (χ4n) is 0.867. The molecule has 0 aliphatic rings. The van der Waals surface area contributed by atoms with E-state index in [0.717, 1.165) is 12.2 Å². The lowest BCUT2D eigenvalue weighted by molar-refractivity contribution is -0.200. The number of alkyl halides is 1. The molecule has 0 bridgehead atoms. The number of carbonyl (C=O) groups is 1. The largest absolute Gasteiger partial charge is 0.321 e. The number of carbonyl (C=O) groups excluding carboxylic acids is 1. The minimum atomic E-state index is -2.62. The lowest BCUT2D eigenvalue weighted by atomic mass is 9.97. The Hall–Kier alpha value is -1.26. The molecule has 0 fully saturated rings. The standard InChI is InChI=1S/C8H10F3NO/c1-3-5-8(9,6-4-2)7(13)12(10)11/h3-4H,1-2,5-6H2. The van der Waals surface area contributed by atoms with Crippen molar-refractivity contribution in [1.82, 2.24) is 5.34 Å². The number of allylic oxidation sites excluding steroid dienone is 2. The first-order chi connectivity index (χ1) is 5.98. The maximum Gasteiger partial charge on any atom is 0.321 e. The number of hydrogen-bond donors (Lipinski definition) is 0. The molecule has 74 valence electrons. The van der Waals surface area contributed by atoms with Gasteiger partial charge in [0.25, 0.3) is 0 Å². The van der Waals surface area contributed by atoms with Gasteiger partial charge >= 0.3 is 5.91 Å². The maximum absolute atomic E-state index is 13.4. The van der Waals surface area contributed by atoms with E-state index in [9.17, 15) is 18.1 Å². The van der Waals surface area contributed by atoms with Gasteiger partial charge in [0.1, 0.15) is 0 Å². The quantitative estimate of drug-likeness (QED) is 0.485. The third kappa shape index (κ3) is 2.93. The molecule has 0 aromatic carbocycles. The second kappa shape index (κ2) is 4.69. The second-order valence-electron chi connectivity index (χ2n) is 2.49. The average Bonchev–Trinajstić information content (AvgIpc) is 2.03. The Morgan fingerprint density at radius 1 is 1.31 bits per heavy atom. The molecular weight excluding hydrogens is 183 g/mol. The van der Waals surface area contributed by atoms with Crippen LogP contribution >= 0.6 is 0 Å². The zero-order chi connectivity index (χ0) is 10.5. The number of hydrogen-bond acceptors (Lipinski definition) is 1. The van der Waals surface area contributed by atoms with E-state index in [2.05, 4.69) is 13.2 Å². The van der Waals surface area contributed by atoms with Crippen LogP contribution in [-0.2, 0) is 4.79 Å². The van der Waals surface area contributed by atoms with E-state index < -0.39 is 29.8 Å². The normalized spacial score (nSPS) is 10.7. The van der Waals surface area contributed by atoms with Gasteiger partial charge in [-0.1, -0.05) is 21.1 Å². The molecule has 0 N–H and O–H groups in total. The van der Waals surface area contributed by atoms with Gasteiger partial charge in [0, 0.05) is 18.2 Å². The van der Waals surface area contributed by atoms with Crippen molar-refractivity contribution >= 4 is 5.91 Å².